The van der Waals surface area contributed by atoms with Crippen LogP contribution < -0.4 is 0 Å². The number of fused-ring (bicyclic) bond motifs is 1. The van der Waals surface area contributed by atoms with E-state index >= 15 is 0 Å². The molecule has 1 heterocycles. The number of hydrogen-bond donors (Lipinski definition) is 0. The quantitative estimate of drug-likeness (QED) is 0.715. The lowest BCUT2D eigenvalue weighted by molar-refractivity contribution is 0.111. The van der Waals surface area contributed by atoms with E-state index in [9.17, 15) is 4.79 Å². The monoisotopic (exact) mass is 251 g/mol. The number of aryl methyl sites for hydroxylation is 2. The number of aromatic nitrogens is 1. The molecule has 0 aliphatic rings. The van der Waals surface area contributed by atoms with Gasteiger partial charge in [-0.1, -0.05) is 22.0 Å². The van der Waals surface area contributed by atoms with Crippen molar-refractivity contribution in [3.05, 3.63) is 33.9 Å². The minimum atomic E-state index is 0.748. The van der Waals surface area contributed by atoms with Crippen molar-refractivity contribution in [2.75, 3.05) is 0 Å². The van der Waals surface area contributed by atoms with Gasteiger partial charge in [-0.3, -0.25) is 4.79 Å². The third-order valence-corrected chi connectivity index (χ3v) is 3.08. The highest BCUT2D eigenvalue weighted by Crippen LogP contribution is 2.26. The number of halogens is 1. The summed E-state index contributed by atoms with van der Waals surface area (Å²) in [6.07, 6.45) is 0.906. The van der Waals surface area contributed by atoms with E-state index in [1.807, 2.05) is 36.7 Å². The van der Waals surface area contributed by atoms with Crippen LogP contribution in [0.1, 0.15) is 16.1 Å². The Kier molecular flexibility index (Phi) is 2.19. The van der Waals surface area contributed by atoms with Crippen LogP contribution in [0, 0.1) is 6.92 Å². The van der Waals surface area contributed by atoms with Crippen molar-refractivity contribution in [1.82, 2.24) is 4.57 Å². The number of nitrogens with zero attached hydrogens (tertiary/aromatic N) is 1. The molecule has 2 rings (SSSR count). The van der Waals surface area contributed by atoms with Gasteiger partial charge in [-0.05, 0) is 24.6 Å². The Hall–Kier alpha value is -1.09. The van der Waals surface area contributed by atoms with E-state index in [-0.39, 0.29) is 0 Å². The maximum Gasteiger partial charge on any atom is 0.166 e. The van der Waals surface area contributed by atoms with Gasteiger partial charge in [0.15, 0.2) is 6.29 Å². The molecule has 0 amide bonds. The molecule has 72 valence electrons. The van der Waals surface area contributed by atoms with Gasteiger partial charge < -0.3 is 4.57 Å². The second-order valence-electron chi connectivity index (χ2n) is 3.35. The molecule has 0 aliphatic heterocycles. The predicted molar refractivity (Wildman–Crippen MR) is 60.7 cm³/mol. The predicted octanol–water partition coefficient (Wildman–Crippen LogP) is 3.06. The zero-order valence-electron chi connectivity index (χ0n) is 8.04. The Morgan fingerprint density at radius 1 is 1.43 bits per heavy atom. The molecule has 0 saturated heterocycles. The lowest BCUT2D eigenvalue weighted by atomic mass is 10.1. The number of benzene rings is 1. The van der Waals surface area contributed by atoms with E-state index in [1.54, 1.807) is 0 Å². The molecule has 3 heteroatoms. The van der Waals surface area contributed by atoms with E-state index in [2.05, 4.69) is 15.9 Å². The van der Waals surface area contributed by atoms with Gasteiger partial charge in [0.1, 0.15) is 0 Å². The van der Waals surface area contributed by atoms with Crippen LogP contribution in [-0.4, -0.2) is 10.9 Å². The first-order valence-electron chi connectivity index (χ1n) is 4.35. The molecule has 0 saturated carbocycles. The summed E-state index contributed by atoms with van der Waals surface area (Å²) in [7, 11) is 1.91. The largest absolute Gasteiger partial charge is 0.341 e. The normalized spacial score (nSPS) is 10.8. The van der Waals surface area contributed by atoms with Crippen LogP contribution in [0.5, 0.6) is 0 Å². The lowest BCUT2D eigenvalue weighted by Gasteiger charge is -1.97. The van der Waals surface area contributed by atoms with Crippen molar-refractivity contribution < 1.29 is 4.79 Å². The molecule has 0 fully saturated rings. The van der Waals surface area contributed by atoms with Crippen LogP contribution >= 0.6 is 15.9 Å². The first kappa shape index (κ1) is 9.46. The SMILES string of the molecule is Cc1c(C=O)n(C)c2cc(Br)ccc12. The fraction of sp³-hybridized carbons (Fsp3) is 0.182. The zero-order chi connectivity index (χ0) is 10.3. The van der Waals surface area contributed by atoms with E-state index in [1.165, 1.54) is 0 Å². The highest BCUT2D eigenvalue weighted by atomic mass is 79.9. The highest BCUT2D eigenvalue weighted by molar-refractivity contribution is 9.10. The Bertz CT molecular complexity index is 513. The topological polar surface area (TPSA) is 22.0 Å². The molecule has 1 aromatic heterocycles. The number of hydrogen-bond acceptors (Lipinski definition) is 1. The first-order valence-corrected chi connectivity index (χ1v) is 5.14. The minimum Gasteiger partial charge on any atom is -0.341 e. The van der Waals surface area contributed by atoms with Gasteiger partial charge in [0.2, 0.25) is 0 Å². The standard InChI is InChI=1S/C11H10BrNO/c1-7-9-4-3-8(12)5-10(9)13(2)11(7)6-14/h3-6H,1-2H3. The molecule has 0 spiro atoms. The van der Waals surface area contributed by atoms with E-state index < -0.39 is 0 Å². The van der Waals surface area contributed by atoms with Crippen LogP contribution in [0.25, 0.3) is 10.9 Å². The minimum absolute atomic E-state index is 0.748. The molecule has 14 heavy (non-hydrogen) atoms. The first-order chi connectivity index (χ1) is 6.65. The summed E-state index contributed by atoms with van der Waals surface area (Å²) in [4.78, 5) is 10.9. The average Bonchev–Trinajstić information content (AvgIpc) is 2.39. The van der Waals surface area contributed by atoms with Crippen molar-refractivity contribution in [1.29, 1.82) is 0 Å². The van der Waals surface area contributed by atoms with Crippen LogP contribution in [0.2, 0.25) is 0 Å². The van der Waals surface area contributed by atoms with Crippen molar-refractivity contribution in [3.8, 4) is 0 Å². The average molecular weight is 252 g/mol. The molecule has 0 aliphatic carbocycles. The van der Waals surface area contributed by atoms with Crippen LogP contribution in [0.3, 0.4) is 0 Å². The van der Waals surface area contributed by atoms with Crippen molar-refractivity contribution >= 4 is 33.1 Å². The van der Waals surface area contributed by atoms with Crippen LogP contribution in [0.15, 0.2) is 22.7 Å². The van der Waals surface area contributed by atoms with Crippen LogP contribution in [-0.2, 0) is 7.05 Å². The molecule has 0 N–H and O–H groups in total. The Balaban J connectivity index is 2.94. The Labute approximate surface area is 90.7 Å². The van der Waals surface area contributed by atoms with Crippen molar-refractivity contribution in [2.24, 2.45) is 7.05 Å². The maximum absolute atomic E-state index is 10.9. The highest BCUT2D eigenvalue weighted by Gasteiger charge is 2.10. The molecule has 0 radical (unpaired) electrons. The van der Waals surface area contributed by atoms with E-state index in [4.69, 9.17) is 0 Å². The molecule has 0 atom stereocenters. The molecule has 2 nitrogen and oxygen atoms in total. The third-order valence-electron chi connectivity index (χ3n) is 2.58. The Morgan fingerprint density at radius 2 is 2.14 bits per heavy atom. The number of carbonyl (C=O) groups excluding carboxylic acids is 1. The number of carbonyl (C=O) groups is 1. The molecule has 2 aromatic rings. The third kappa shape index (κ3) is 1.20. The van der Waals surface area contributed by atoms with Gasteiger partial charge in [0.05, 0.1) is 5.69 Å². The van der Waals surface area contributed by atoms with Gasteiger partial charge in [0.25, 0.3) is 0 Å². The molecular weight excluding hydrogens is 242 g/mol. The maximum atomic E-state index is 10.9. The van der Waals surface area contributed by atoms with Gasteiger partial charge in [0, 0.05) is 22.4 Å². The number of rotatable bonds is 1. The molecule has 1 aromatic carbocycles. The summed E-state index contributed by atoms with van der Waals surface area (Å²) in [6.45, 7) is 1.97. The molecular formula is C11H10BrNO. The summed E-state index contributed by atoms with van der Waals surface area (Å²) in [6, 6.07) is 6.04. The molecule has 0 bridgehead atoms. The summed E-state index contributed by atoms with van der Waals surface area (Å²) >= 11 is 3.42. The Morgan fingerprint density at radius 3 is 2.79 bits per heavy atom. The fourth-order valence-corrected chi connectivity index (χ4v) is 2.14. The van der Waals surface area contributed by atoms with Gasteiger partial charge >= 0.3 is 0 Å². The second kappa shape index (κ2) is 3.24. The van der Waals surface area contributed by atoms with E-state index in [0.717, 1.165) is 32.9 Å². The summed E-state index contributed by atoms with van der Waals surface area (Å²) in [5, 5.41) is 1.14. The fourth-order valence-electron chi connectivity index (χ4n) is 1.79. The van der Waals surface area contributed by atoms with Crippen LogP contribution in [0.4, 0.5) is 0 Å². The molecule has 0 unspecified atom stereocenters. The smallest absolute Gasteiger partial charge is 0.166 e. The summed E-state index contributed by atoms with van der Waals surface area (Å²) < 4.78 is 2.95. The van der Waals surface area contributed by atoms with Gasteiger partial charge in [-0.2, -0.15) is 0 Å². The van der Waals surface area contributed by atoms with Crippen molar-refractivity contribution in [3.63, 3.8) is 0 Å². The van der Waals surface area contributed by atoms with Crippen molar-refractivity contribution in [2.45, 2.75) is 6.92 Å². The van der Waals surface area contributed by atoms with E-state index in [0.29, 0.717) is 0 Å². The van der Waals surface area contributed by atoms with Gasteiger partial charge in [-0.25, -0.2) is 0 Å². The zero-order valence-corrected chi connectivity index (χ0v) is 9.63. The second-order valence-corrected chi connectivity index (χ2v) is 4.26. The number of aldehydes is 1. The lowest BCUT2D eigenvalue weighted by Crippen LogP contribution is -1.94. The summed E-state index contributed by atoms with van der Waals surface area (Å²) in [5.41, 5.74) is 2.88. The van der Waals surface area contributed by atoms with Gasteiger partial charge in [-0.15, -0.1) is 0 Å². The summed E-state index contributed by atoms with van der Waals surface area (Å²) in [5.74, 6) is 0.